The Kier molecular flexibility index (Phi) is 4.93. The lowest BCUT2D eigenvalue weighted by molar-refractivity contribution is -0.137. The van der Waals surface area contributed by atoms with Crippen LogP contribution in [0.15, 0.2) is 24.3 Å². The lowest BCUT2D eigenvalue weighted by Crippen LogP contribution is -2.18. The van der Waals surface area contributed by atoms with Gasteiger partial charge in [-0.3, -0.25) is 0 Å². The van der Waals surface area contributed by atoms with Crippen molar-refractivity contribution in [2.24, 2.45) is 5.92 Å². The van der Waals surface area contributed by atoms with Crippen molar-refractivity contribution in [1.82, 2.24) is 0 Å². The minimum absolute atomic E-state index is 0.197. The fraction of sp³-hybridized carbons (Fsp3) is 0.600. The molecule has 1 atom stereocenters. The number of rotatable bonds is 3. The first-order valence-electron chi connectivity index (χ1n) is 6.75. The topological polar surface area (TPSA) is 0 Å². The van der Waals surface area contributed by atoms with Crippen LogP contribution >= 0.6 is 15.9 Å². The molecule has 1 aromatic rings. The molecule has 1 aliphatic carbocycles. The van der Waals surface area contributed by atoms with Gasteiger partial charge in [-0.25, -0.2) is 0 Å². The van der Waals surface area contributed by atoms with E-state index in [2.05, 4.69) is 15.9 Å². The van der Waals surface area contributed by atoms with Crippen molar-refractivity contribution >= 4 is 15.9 Å². The van der Waals surface area contributed by atoms with E-state index in [0.29, 0.717) is 5.92 Å². The summed E-state index contributed by atoms with van der Waals surface area (Å²) in [6.45, 7) is 0. The molecule has 0 aliphatic heterocycles. The van der Waals surface area contributed by atoms with E-state index in [1.54, 1.807) is 0 Å². The molecule has 0 heterocycles. The molecule has 0 aromatic heterocycles. The highest BCUT2D eigenvalue weighted by Crippen LogP contribution is 2.39. The van der Waals surface area contributed by atoms with Crippen LogP contribution in [0.2, 0.25) is 0 Å². The van der Waals surface area contributed by atoms with Crippen LogP contribution in [0.5, 0.6) is 0 Å². The number of alkyl halides is 4. The molecule has 1 fully saturated rings. The Hall–Kier alpha value is -0.510. The highest BCUT2D eigenvalue weighted by molar-refractivity contribution is 9.09. The van der Waals surface area contributed by atoms with Crippen molar-refractivity contribution in [1.29, 1.82) is 0 Å². The number of hydrogen-bond acceptors (Lipinski definition) is 0. The Balaban J connectivity index is 2.22. The summed E-state index contributed by atoms with van der Waals surface area (Å²) in [4.78, 5) is 0. The van der Waals surface area contributed by atoms with Crippen LogP contribution in [0.1, 0.15) is 49.1 Å². The lowest BCUT2D eigenvalue weighted by Gasteiger charge is -2.29. The van der Waals surface area contributed by atoms with Crippen molar-refractivity contribution in [3.63, 3.8) is 0 Å². The van der Waals surface area contributed by atoms with Gasteiger partial charge in [-0.1, -0.05) is 53.4 Å². The largest absolute Gasteiger partial charge is 0.416 e. The molecule has 19 heavy (non-hydrogen) atoms. The Labute approximate surface area is 120 Å². The Morgan fingerprint density at radius 2 is 1.84 bits per heavy atom. The predicted molar refractivity (Wildman–Crippen MR) is 74.6 cm³/mol. The number of halogens is 4. The molecule has 0 bridgehead atoms. The van der Waals surface area contributed by atoms with Gasteiger partial charge in [-0.2, -0.15) is 13.2 Å². The van der Waals surface area contributed by atoms with Gasteiger partial charge < -0.3 is 0 Å². The maximum Gasteiger partial charge on any atom is 0.416 e. The van der Waals surface area contributed by atoms with Crippen molar-refractivity contribution in [2.75, 3.05) is 5.33 Å². The van der Waals surface area contributed by atoms with Crippen molar-refractivity contribution in [3.8, 4) is 0 Å². The Morgan fingerprint density at radius 1 is 1.16 bits per heavy atom. The molecular formula is C15H18BrF3. The van der Waals surface area contributed by atoms with Gasteiger partial charge in [0.1, 0.15) is 0 Å². The maximum atomic E-state index is 12.8. The molecule has 1 saturated carbocycles. The quantitative estimate of drug-likeness (QED) is 0.616. The lowest BCUT2D eigenvalue weighted by atomic mass is 9.77. The molecule has 106 valence electrons. The average Bonchev–Trinajstić information content (AvgIpc) is 2.40. The fourth-order valence-electron chi connectivity index (χ4n) is 2.97. The zero-order valence-electron chi connectivity index (χ0n) is 10.7. The third kappa shape index (κ3) is 3.74. The molecule has 0 saturated heterocycles. The van der Waals surface area contributed by atoms with E-state index in [9.17, 15) is 13.2 Å². The average molecular weight is 335 g/mol. The van der Waals surface area contributed by atoms with Crippen molar-refractivity contribution in [2.45, 2.75) is 44.2 Å². The minimum Gasteiger partial charge on any atom is -0.166 e. The van der Waals surface area contributed by atoms with Crippen LogP contribution in [0.25, 0.3) is 0 Å². The van der Waals surface area contributed by atoms with Gasteiger partial charge in [0, 0.05) is 5.33 Å². The van der Waals surface area contributed by atoms with Crippen LogP contribution in [0.4, 0.5) is 13.2 Å². The van der Waals surface area contributed by atoms with Gasteiger partial charge in [-0.15, -0.1) is 0 Å². The summed E-state index contributed by atoms with van der Waals surface area (Å²) in [5, 5.41) is 0.735. The van der Waals surface area contributed by atoms with E-state index in [1.807, 2.05) is 6.07 Å². The second-order valence-corrected chi connectivity index (χ2v) is 5.93. The van der Waals surface area contributed by atoms with Crippen LogP contribution < -0.4 is 0 Å². The van der Waals surface area contributed by atoms with E-state index in [-0.39, 0.29) is 5.92 Å². The van der Waals surface area contributed by atoms with Crippen LogP contribution in [0, 0.1) is 5.92 Å². The molecule has 0 radical (unpaired) electrons. The number of benzene rings is 1. The molecule has 0 amide bonds. The first-order valence-corrected chi connectivity index (χ1v) is 7.87. The highest BCUT2D eigenvalue weighted by Gasteiger charge is 2.32. The van der Waals surface area contributed by atoms with E-state index in [0.717, 1.165) is 29.8 Å². The smallest absolute Gasteiger partial charge is 0.166 e. The van der Waals surface area contributed by atoms with Gasteiger partial charge >= 0.3 is 6.18 Å². The van der Waals surface area contributed by atoms with Gasteiger partial charge in [0.05, 0.1) is 5.56 Å². The second kappa shape index (κ2) is 6.29. The van der Waals surface area contributed by atoms with Crippen LogP contribution in [-0.4, -0.2) is 5.33 Å². The van der Waals surface area contributed by atoms with Gasteiger partial charge in [-0.05, 0) is 36.3 Å². The minimum atomic E-state index is -4.25. The normalized spacial score (nSPS) is 19.4. The molecule has 0 N–H and O–H groups in total. The second-order valence-electron chi connectivity index (χ2n) is 5.28. The number of hydrogen-bond donors (Lipinski definition) is 0. The zero-order chi connectivity index (χ0) is 13.9. The summed E-state index contributed by atoms with van der Waals surface area (Å²) in [6.07, 6.45) is 1.67. The third-order valence-corrected chi connectivity index (χ3v) is 4.72. The summed E-state index contributed by atoms with van der Waals surface area (Å²) < 4.78 is 38.3. The first-order chi connectivity index (χ1) is 9.02. The summed E-state index contributed by atoms with van der Waals surface area (Å²) >= 11 is 3.48. The molecule has 1 aliphatic rings. The summed E-state index contributed by atoms with van der Waals surface area (Å²) in [6, 6.07) is 5.82. The van der Waals surface area contributed by atoms with E-state index in [1.165, 1.54) is 31.4 Å². The van der Waals surface area contributed by atoms with E-state index in [4.69, 9.17) is 0 Å². The maximum absolute atomic E-state index is 12.8. The molecule has 4 heteroatoms. The van der Waals surface area contributed by atoms with Gasteiger partial charge in [0.2, 0.25) is 0 Å². The standard InChI is InChI=1S/C15H18BrF3/c16-10-14(11-5-2-1-3-6-11)12-7-4-8-13(9-12)15(17,18)19/h4,7-9,11,14H,1-3,5-6,10H2. The van der Waals surface area contributed by atoms with E-state index < -0.39 is 11.7 Å². The highest BCUT2D eigenvalue weighted by atomic mass is 79.9. The van der Waals surface area contributed by atoms with Crippen molar-refractivity contribution in [3.05, 3.63) is 35.4 Å². The third-order valence-electron chi connectivity index (χ3n) is 4.03. The molecule has 0 nitrogen and oxygen atoms in total. The fourth-order valence-corrected chi connectivity index (χ4v) is 3.87. The Morgan fingerprint density at radius 3 is 2.42 bits per heavy atom. The zero-order valence-corrected chi connectivity index (χ0v) is 12.3. The molecule has 1 unspecified atom stereocenters. The van der Waals surface area contributed by atoms with E-state index >= 15 is 0 Å². The molecule has 1 aromatic carbocycles. The summed E-state index contributed by atoms with van der Waals surface area (Å²) in [5.41, 5.74) is 0.283. The molecular weight excluding hydrogens is 317 g/mol. The summed E-state index contributed by atoms with van der Waals surface area (Å²) in [7, 11) is 0. The Bertz CT molecular complexity index is 408. The monoisotopic (exact) mass is 334 g/mol. The van der Waals surface area contributed by atoms with Crippen LogP contribution in [-0.2, 0) is 6.18 Å². The summed E-state index contributed by atoms with van der Waals surface area (Å²) in [5.74, 6) is 0.708. The van der Waals surface area contributed by atoms with Gasteiger partial charge in [0.15, 0.2) is 0 Å². The SMILES string of the molecule is FC(F)(F)c1cccc(C(CBr)C2CCCCC2)c1. The first kappa shape index (κ1) is 14.9. The predicted octanol–water partition coefficient (Wildman–Crippen LogP) is 5.76. The molecule has 0 spiro atoms. The van der Waals surface area contributed by atoms with Gasteiger partial charge in [0.25, 0.3) is 0 Å². The molecule has 2 rings (SSSR count). The van der Waals surface area contributed by atoms with Crippen molar-refractivity contribution < 1.29 is 13.2 Å². The van der Waals surface area contributed by atoms with Crippen LogP contribution in [0.3, 0.4) is 0 Å².